The molecule has 0 fully saturated rings. The Morgan fingerprint density at radius 3 is 1.75 bits per heavy atom. The normalized spacial score (nSPS) is 9.93. The van der Waals surface area contributed by atoms with Crippen LogP contribution in [-0.4, -0.2) is 50.7 Å². The predicted molar refractivity (Wildman–Crippen MR) is 111 cm³/mol. The summed E-state index contributed by atoms with van der Waals surface area (Å²) in [6.07, 6.45) is 0. The van der Waals surface area contributed by atoms with E-state index in [4.69, 9.17) is 31.2 Å². The van der Waals surface area contributed by atoms with Crippen LogP contribution in [0.5, 0.6) is 11.5 Å². The molecule has 0 aliphatic rings. The maximum absolute atomic E-state index is 12.6. The van der Waals surface area contributed by atoms with E-state index >= 15 is 0 Å². The first-order valence-electron chi connectivity index (χ1n) is 8.64. The van der Waals surface area contributed by atoms with Gasteiger partial charge in [0, 0.05) is 24.8 Å². The second-order valence-electron chi connectivity index (χ2n) is 5.78. The van der Waals surface area contributed by atoms with Crippen LogP contribution in [0.3, 0.4) is 0 Å². The summed E-state index contributed by atoms with van der Waals surface area (Å²) in [7, 11) is 3.14. The first-order valence-corrected chi connectivity index (χ1v) is 8.64. The average molecular weight is 396 g/mol. The Morgan fingerprint density at radius 2 is 1.36 bits per heavy atom. The Hall–Kier alpha value is -2.91. The number of nitrogens with one attached hydrogen (secondary N) is 2. The molecule has 0 spiro atoms. The van der Waals surface area contributed by atoms with E-state index in [0.717, 1.165) is 11.4 Å². The number of aliphatic hydroxyl groups excluding tert-OH is 2. The van der Waals surface area contributed by atoms with Gasteiger partial charge in [0.1, 0.15) is 17.3 Å². The van der Waals surface area contributed by atoms with Gasteiger partial charge in [-0.15, -0.1) is 0 Å². The molecule has 0 unspecified atom stereocenters. The topological polar surface area (TPSA) is 135 Å². The van der Waals surface area contributed by atoms with Gasteiger partial charge in [-0.2, -0.15) is 0 Å². The van der Waals surface area contributed by atoms with E-state index < -0.39 is 5.82 Å². The van der Waals surface area contributed by atoms with Crippen LogP contribution in [0.15, 0.2) is 24.3 Å². The fraction of sp³-hybridized carbons (Fsp3) is 0.368. The van der Waals surface area contributed by atoms with E-state index in [1.54, 1.807) is 27.2 Å². The molecule has 8 nitrogen and oxygen atoms in total. The van der Waals surface area contributed by atoms with Crippen molar-refractivity contribution in [2.45, 2.75) is 6.92 Å². The zero-order valence-electron chi connectivity index (χ0n) is 16.4. The smallest absolute Gasteiger partial charge is 0.146 e. The van der Waals surface area contributed by atoms with Crippen molar-refractivity contribution in [1.29, 1.82) is 0 Å². The van der Waals surface area contributed by atoms with Gasteiger partial charge >= 0.3 is 0 Å². The third kappa shape index (κ3) is 6.67. The van der Waals surface area contributed by atoms with Gasteiger partial charge in [-0.05, 0) is 30.7 Å². The maximum Gasteiger partial charge on any atom is 0.146 e. The van der Waals surface area contributed by atoms with E-state index in [-0.39, 0.29) is 18.9 Å². The molecule has 8 N–H and O–H groups in total. The number of benzene rings is 2. The number of hydrogen-bond acceptors (Lipinski definition) is 8. The lowest BCUT2D eigenvalue weighted by Crippen LogP contribution is -2.10. The van der Waals surface area contributed by atoms with Crippen molar-refractivity contribution in [3.8, 4) is 11.5 Å². The van der Waals surface area contributed by atoms with Gasteiger partial charge in [0.05, 0.1) is 44.5 Å². The molecular weight excluding hydrogens is 367 g/mol. The Morgan fingerprint density at radius 1 is 0.857 bits per heavy atom. The Labute approximate surface area is 164 Å². The second-order valence-corrected chi connectivity index (χ2v) is 5.78. The molecule has 0 aliphatic carbocycles. The van der Waals surface area contributed by atoms with Crippen LogP contribution in [0.25, 0.3) is 0 Å². The summed E-state index contributed by atoms with van der Waals surface area (Å²) < 4.78 is 23.1. The van der Waals surface area contributed by atoms with Crippen molar-refractivity contribution in [2.24, 2.45) is 0 Å². The van der Waals surface area contributed by atoms with Crippen molar-refractivity contribution in [3.63, 3.8) is 0 Å². The van der Waals surface area contributed by atoms with Gasteiger partial charge in [-0.3, -0.25) is 0 Å². The van der Waals surface area contributed by atoms with Gasteiger partial charge < -0.3 is 41.8 Å². The number of anilines is 4. The van der Waals surface area contributed by atoms with Crippen molar-refractivity contribution >= 4 is 22.7 Å². The molecule has 0 radical (unpaired) electrons. The first-order chi connectivity index (χ1) is 13.4. The number of hydrogen-bond donors (Lipinski definition) is 6. The summed E-state index contributed by atoms with van der Waals surface area (Å²) >= 11 is 0. The number of rotatable bonds is 8. The van der Waals surface area contributed by atoms with Gasteiger partial charge in [-0.1, -0.05) is 0 Å². The van der Waals surface area contributed by atoms with Crippen molar-refractivity contribution in [3.05, 3.63) is 35.6 Å². The zero-order chi connectivity index (χ0) is 21.1. The molecule has 28 heavy (non-hydrogen) atoms. The number of aliphatic hydroxyl groups is 2. The molecule has 0 amide bonds. The van der Waals surface area contributed by atoms with E-state index in [0.29, 0.717) is 35.8 Å². The molecule has 0 aromatic heterocycles. The van der Waals surface area contributed by atoms with E-state index in [9.17, 15) is 4.39 Å². The lowest BCUT2D eigenvalue weighted by molar-refractivity contribution is 0.311. The number of ether oxygens (including phenoxy) is 2. The molecule has 2 aromatic rings. The number of nitrogens with two attached hydrogens (primary N) is 2. The van der Waals surface area contributed by atoms with Gasteiger partial charge in [0.2, 0.25) is 0 Å². The molecule has 0 saturated carbocycles. The largest absolute Gasteiger partial charge is 0.494 e. The van der Waals surface area contributed by atoms with Crippen LogP contribution in [-0.2, 0) is 0 Å². The van der Waals surface area contributed by atoms with E-state index in [2.05, 4.69) is 10.6 Å². The summed E-state index contributed by atoms with van der Waals surface area (Å²) in [5.74, 6) is 0.858. The van der Waals surface area contributed by atoms with Gasteiger partial charge in [-0.25, -0.2) is 4.39 Å². The highest BCUT2D eigenvalue weighted by atomic mass is 19.1. The van der Waals surface area contributed by atoms with Crippen molar-refractivity contribution < 1.29 is 24.1 Å². The summed E-state index contributed by atoms with van der Waals surface area (Å²) in [5.41, 5.74) is 13.5. The first kappa shape index (κ1) is 23.1. The minimum absolute atomic E-state index is 0.0363. The fourth-order valence-corrected chi connectivity index (χ4v) is 2.26. The number of aryl methyl sites for hydroxylation is 1. The quantitative estimate of drug-likeness (QED) is 0.372. The molecule has 0 bridgehead atoms. The number of methoxy groups -OCH3 is 2. The third-order valence-electron chi connectivity index (χ3n) is 3.76. The minimum atomic E-state index is -0.410. The summed E-state index contributed by atoms with van der Waals surface area (Å²) in [5, 5.41) is 23.7. The highest BCUT2D eigenvalue weighted by molar-refractivity contribution is 5.71. The maximum atomic E-state index is 12.6. The summed E-state index contributed by atoms with van der Waals surface area (Å²) in [4.78, 5) is 0. The van der Waals surface area contributed by atoms with Crippen molar-refractivity contribution in [2.75, 3.05) is 62.6 Å². The Kier molecular flexibility index (Phi) is 9.69. The Balaban J connectivity index is 0.000000330. The SMILES string of the molecule is COc1cc(OC)c(NCCO)cc1NCCO.Cc1cc(F)c(N)cc1N. The lowest BCUT2D eigenvalue weighted by Gasteiger charge is -2.16. The highest BCUT2D eigenvalue weighted by Gasteiger charge is 2.10. The number of halogens is 1. The summed E-state index contributed by atoms with van der Waals surface area (Å²) in [6, 6.07) is 6.32. The summed E-state index contributed by atoms with van der Waals surface area (Å²) in [6.45, 7) is 2.67. The molecule has 2 rings (SSSR count). The third-order valence-corrected chi connectivity index (χ3v) is 3.76. The standard InChI is InChI=1S/C12H20N2O4.C7H9FN2/c1-17-11-8-12(18-2)10(14-4-6-16)7-9(11)13-3-5-15;1-4-2-5(8)7(10)3-6(4)9/h7-8,13-16H,3-6H2,1-2H3;2-3H,9-10H2,1H3. The van der Waals surface area contributed by atoms with Crippen LogP contribution in [0, 0.1) is 12.7 Å². The van der Waals surface area contributed by atoms with Crippen LogP contribution in [0.4, 0.5) is 27.1 Å². The van der Waals surface area contributed by atoms with Crippen LogP contribution >= 0.6 is 0 Å². The molecule has 0 atom stereocenters. The van der Waals surface area contributed by atoms with E-state index in [1.807, 2.05) is 6.07 Å². The van der Waals surface area contributed by atoms with Crippen molar-refractivity contribution in [1.82, 2.24) is 0 Å². The molecule has 2 aromatic carbocycles. The minimum Gasteiger partial charge on any atom is -0.494 e. The average Bonchev–Trinajstić information content (AvgIpc) is 2.69. The molecule has 0 saturated heterocycles. The number of nitrogen functional groups attached to an aromatic ring is 2. The predicted octanol–water partition coefficient (Wildman–Crippen LogP) is 1.81. The van der Waals surface area contributed by atoms with E-state index in [1.165, 1.54) is 12.1 Å². The van der Waals surface area contributed by atoms with Crippen LogP contribution in [0.2, 0.25) is 0 Å². The molecule has 0 aliphatic heterocycles. The van der Waals surface area contributed by atoms with Gasteiger partial charge in [0.15, 0.2) is 0 Å². The van der Waals surface area contributed by atoms with Crippen LogP contribution < -0.4 is 31.6 Å². The monoisotopic (exact) mass is 396 g/mol. The highest BCUT2D eigenvalue weighted by Crippen LogP contribution is 2.36. The molecule has 0 heterocycles. The Bertz CT molecular complexity index is 678. The second kappa shape index (κ2) is 11.7. The molecule has 156 valence electrons. The molecular formula is C19H29FN4O4. The zero-order valence-corrected chi connectivity index (χ0v) is 16.4. The van der Waals surface area contributed by atoms with Crippen LogP contribution in [0.1, 0.15) is 5.56 Å². The molecule has 9 heteroatoms. The van der Waals surface area contributed by atoms with Gasteiger partial charge in [0.25, 0.3) is 0 Å². The fourth-order valence-electron chi connectivity index (χ4n) is 2.26. The lowest BCUT2D eigenvalue weighted by atomic mass is 10.2.